The molecule has 2 N–H and O–H groups in total. The van der Waals surface area contributed by atoms with E-state index in [0.717, 1.165) is 0 Å². The van der Waals surface area contributed by atoms with E-state index in [1.165, 1.54) is 6.92 Å². The molecule has 1 rings (SSSR count). The quantitative estimate of drug-likeness (QED) is 0.743. The molecule has 0 bridgehead atoms. The zero-order valence-electron chi connectivity index (χ0n) is 9.35. The van der Waals surface area contributed by atoms with Gasteiger partial charge < -0.3 is 14.8 Å². The van der Waals surface area contributed by atoms with Crippen LogP contribution in [0.3, 0.4) is 0 Å². The number of aromatic nitrogens is 1. The molecule has 0 fully saturated rings. The summed E-state index contributed by atoms with van der Waals surface area (Å²) in [5, 5.41) is 11.2. The first-order valence-corrected chi connectivity index (χ1v) is 4.87. The van der Waals surface area contributed by atoms with Crippen molar-refractivity contribution in [2.24, 2.45) is 5.92 Å². The summed E-state index contributed by atoms with van der Waals surface area (Å²) in [6, 6.07) is -0.442. The number of rotatable bonds is 4. The van der Waals surface area contributed by atoms with Gasteiger partial charge in [0, 0.05) is 0 Å². The third-order valence-electron chi connectivity index (χ3n) is 2.13. The molecule has 0 spiro atoms. The molecule has 2 atom stereocenters. The first kappa shape index (κ1) is 12.2. The lowest BCUT2D eigenvalue weighted by Gasteiger charge is -2.12. The van der Waals surface area contributed by atoms with Crippen LogP contribution in [-0.4, -0.2) is 22.0 Å². The second-order valence-electron chi connectivity index (χ2n) is 3.60. The third-order valence-corrected chi connectivity index (χ3v) is 2.13. The van der Waals surface area contributed by atoms with Crippen LogP contribution < -0.4 is 5.32 Å². The van der Waals surface area contributed by atoms with Crippen molar-refractivity contribution in [1.29, 1.82) is 0 Å². The Balaban J connectivity index is 2.61. The largest absolute Gasteiger partial charge is 0.481 e. The Bertz CT molecular complexity index is 399. The Kier molecular flexibility index (Phi) is 3.65. The summed E-state index contributed by atoms with van der Waals surface area (Å²) in [5.74, 6) is -1.80. The molecular weight excluding hydrogens is 212 g/mol. The molecule has 0 saturated carbocycles. The minimum atomic E-state index is -1.16. The zero-order chi connectivity index (χ0) is 12.3. The molecule has 1 aromatic heterocycles. The van der Waals surface area contributed by atoms with E-state index >= 15 is 0 Å². The molecule has 0 radical (unpaired) electrons. The van der Waals surface area contributed by atoms with E-state index in [1.807, 2.05) is 0 Å². The lowest BCUT2D eigenvalue weighted by atomic mass is 10.1. The number of carboxylic acids is 1. The van der Waals surface area contributed by atoms with E-state index in [1.54, 1.807) is 20.0 Å². The number of aliphatic carboxylic acids is 1. The number of carbonyl (C=O) groups excluding carboxylic acids is 1. The molecule has 0 aliphatic rings. The van der Waals surface area contributed by atoms with Gasteiger partial charge in [0.05, 0.1) is 6.20 Å². The molecule has 16 heavy (non-hydrogen) atoms. The van der Waals surface area contributed by atoms with Crippen molar-refractivity contribution in [2.75, 3.05) is 0 Å². The fourth-order valence-electron chi connectivity index (χ4n) is 1.08. The van der Waals surface area contributed by atoms with Gasteiger partial charge in [-0.2, -0.15) is 0 Å². The average Bonchev–Trinajstić information content (AvgIpc) is 2.63. The highest BCUT2D eigenvalue weighted by molar-refractivity contribution is 5.96. The standard InChI is InChI=1S/C10H14N2O4/c1-5-4-11-9(16-5)7(3)12-8(13)6(2)10(14)15/h4,6-7H,1-3H3,(H,12,13)(H,14,15). The van der Waals surface area contributed by atoms with Crippen molar-refractivity contribution in [1.82, 2.24) is 10.3 Å². The summed E-state index contributed by atoms with van der Waals surface area (Å²) in [6.07, 6.45) is 1.54. The van der Waals surface area contributed by atoms with Gasteiger partial charge in [-0.05, 0) is 20.8 Å². The maximum absolute atomic E-state index is 11.4. The van der Waals surface area contributed by atoms with Crippen LogP contribution in [0.5, 0.6) is 0 Å². The van der Waals surface area contributed by atoms with Crippen LogP contribution in [-0.2, 0) is 9.59 Å². The molecule has 0 aliphatic heterocycles. The lowest BCUT2D eigenvalue weighted by molar-refractivity contribution is -0.146. The first-order chi connectivity index (χ1) is 7.41. The van der Waals surface area contributed by atoms with Gasteiger partial charge in [-0.25, -0.2) is 4.98 Å². The predicted octanol–water partition coefficient (Wildman–Crippen LogP) is 0.881. The van der Waals surface area contributed by atoms with Crippen molar-refractivity contribution >= 4 is 11.9 Å². The summed E-state index contributed by atoms with van der Waals surface area (Å²) >= 11 is 0. The average molecular weight is 226 g/mol. The van der Waals surface area contributed by atoms with E-state index < -0.39 is 23.8 Å². The number of nitrogens with zero attached hydrogens (tertiary/aromatic N) is 1. The Morgan fingerprint density at radius 1 is 1.50 bits per heavy atom. The maximum atomic E-state index is 11.4. The molecule has 1 amide bonds. The Morgan fingerprint density at radius 3 is 2.56 bits per heavy atom. The molecule has 1 heterocycles. The second-order valence-corrected chi connectivity index (χ2v) is 3.60. The Labute approximate surface area is 92.7 Å². The fourth-order valence-corrected chi connectivity index (χ4v) is 1.08. The van der Waals surface area contributed by atoms with E-state index in [-0.39, 0.29) is 0 Å². The van der Waals surface area contributed by atoms with E-state index in [0.29, 0.717) is 11.7 Å². The SMILES string of the molecule is Cc1cnc(C(C)NC(=O)C(C)C(=O)O)o1. The maximum Gasteiger partial charge on any atom is 0.315 e. The second kappa shape index (κ2) is 4.78. The smallest absolute Gasteiger partial charge is 0.315 e. The van der Waals surface area contributed by atoms with E-state index in [9.17, 15) is 9.59 Å². The highest BCUT2D eigenvalue weighted by Gasteiger charge is 2.23. The number of hydrogen-bond donors (Lipinski definition) is 2. The van der Waals surface area contributed by atoms with Crippen LogP contribution in [0, 0.1) is 12.8 Å². The Hall–Kier alpha value is -1.85. The van der Waals surface area contributed by atoms with Crippen LogP contribution in [0.1, 0.15) is 31.5 Å². The number of oxazole rings is 1. The molecule has 88 valence electrons. The van der Waals surface area contributed by atoms with Gasteiger partial charge in [0.2, 0.25) is 11.8 Å². The van der Waals surface area contributed by atoms with E-state index in [4.69, 9.17) is 9.52 Å². The van der Waals surface area contributed by atoms with Crippen LogP contribution >= 0.6 is 0 Å². The zero-order valence-corrected chi connectivity index (χ0v) is 9.35. The van der Waals surface area contributed by atoms with Gasteiger partial charge in [0.15, 0.2) is 0 Å². The van der Waals surface area contributed by atoms with Crippen molar-refractivity contribution in [2.45, 2.75) is 26.8 Å². The number of carboxylic acid groups (broad SMARTS) is 1. The molecular formula is C10H14N2O4. The molecule has 6 heteroatoms. The van der Waals surface area contributed by atoms with Gasteiger partial charge in [-0.15, -0.1) is 0 Å². The number of amides is 1. The van der Waals surface area contributed by atoms with Gasteiger partial charge >= 0.3 is 5.97 Å². The van der Waals surface area contributed by atoms with Crippen molar-refractivity contribution in [3.8, 4) is 0 Å². The van der Waals surface area contributed by atoms with Crippen LogP contribution in [0.15, 0.2) is 10.6 Å². The minimum absolute atomic E-state index is 0.364. The monoisotopic (exact) mass is 226 g/mol. The topological polar surface area (TPSA) is 92.4 Å². The number of nitrogens with one attached hydrogen (secondary N) is 1. The molecule has 2 unspecified atom stereocenters. The fraction of sp³-hybridized carbons (Fsp3) is 0.500. The number of carbonyl (C=O) groups is 2. The van der Waals surface area contributed by atoms with Crippen molar-refractivity contribution in [3.63, 3.8) is 0 Å². The predicted molar refractivity (Wildman–Crippen MR) is 54.6 cm³/mol. The highest BCUT2D eigenvalue weighted by Crippen LogP contribution is 2.12. The summed E-state index contributed by atoms with van der Waals surface area (Å²) in [7, 11) is 0. The molecule has 6 nitrogen and oxygen atoms in total. The Morgan fingerprint density at radius 2 is 2.12 bits per heavy atom. The first-order valence-electron chi connectivity index (χ1n) is 4.87. The van der Waals surface area contributed by atoms with Crippen LogP contribution in [0.2, 0.25) is 0 Å². The third kappa shape index (κ3) is 2.82. The van der Waals surface area contributed by atoms with Gasteiger partial charge in [0.1, 0.15) is 17.7 Å². The van der Waals surface area contributed by atoms with Crippen LogP contribution in [0.4, 0.5) is 0 Å². The number of hydrogen-bond acceptors (Lipinski definition) is 4. The van der Waals surface area contributed by atoms with Crippen molar-refractivity contribution < 1.29 is 19.1 Å². The summed E-state index contributed by atoms with van der Waals surface area (Å²) in [4.78, 5) is 25.9. The minimum Gasteiger partial charge on any atom is -0.481 e. The van der Waals surface area contributed by atoms with Gasteiger partial charge in [0.25, 0.3) is 0 Å². The summed E-state index contributed by atoms with van der Waals surface area (Å²) in [6.45, 7) is 4.74. The normalized spacial score (nSPS) is 14.2. The van der Waals surface area contributed by atoms with E-state index in [2.05, 4.69) is 10.3 Å². The van der Waals surface area contributed by atoms with Gasteiger partial charge in [-0.3, -0.25) is 9.59 Å². The summed E-state index contributed by atoms with van der Waals surface area (Å²) in [5.41, 5.74) is 0. The molecule has 0 aromatic carbocycles. The molecule has 0 aliphatic carbocycles. The molecule has 1 aromatic rings. The highest BCUT2D eigenvalue weighted by atomic mass is 16.4. The van der Waals surface area contributed by atoms with Crippen LogP contribution in [0.25, 0.3) is 0 Å². The summed E-state index contributed by atoms with van der Waals surface area (Å²) < 4.78 is 5.21. The number of aryl methyl sites for hydroxylation is 1. The van der Waals surface area contributed by atoms with Crippen molar-refractivity contribution in [3.05, 3.63) is 17.8 Å². The molecule has 0 saturated heterocycles. The lowest BCUT2D eigenvalue weighted by Crippen LogP contribution is -2.35. The van der Waals surface area contributed by atoms with Gasteiger partial charge in [-0.1, -0.05) is 0 Å².